The van der Waals surface area contributed by atoms with E-state index in [-0.39, 0.29) is 12.2 Å². The second kappa shape index (κ2) is 11.6. The zero-order valence-corrected chi connectivity index (χ0v) is 12.3. The molecule has 5 nitrogen and oxygen atoms in total. The molecule has 0 radical (unpaired) electrons. The minimum Gasteiger partial charge on any atom is -0.382 e. The standard InChI is InChI=1S/C14H28O5/c1-15-7-9-17-10-12-19-14-6-4-3-5-13(14)18-11-8-16-2/h13-14H,3-12H2,1-2H3. The van der Waals surface area contributed by atoms with Gasteiger partial charge in [0.25, 0.3) is 0 Å². The molecule has 0 aromatic carbocycles. The van der Waals surface area contributed by atoms with Gasteiger partial charge in [0.2, 0.25) is 0 Å². The number of hydrogen-bond donors (Lipinski definition) is 0. The Bertz CT molecular complexity index is 200. The van der Waals surface area contributed by atoms with E-state index in [0.29, 0.717) is 39.6 Å². The van der Waals surface area contributed by atoms with Crippen LogP contribution in [0.1, 0.15) is 25.7 Å². The van der Waals surface area contributed by atoms with Crippen LogP contribution in [0.2, 0.25) is 0 Å². The maximum Gasteiger partial charge on any atom is 0.0837 e. The van der Waals surface area contributed by atoms with Crippen LogP contribution in [0.4, 0.5) is 0 Å². The molecule has 0 saturated heterocycles. The molecule has 0 heterocycles. The largest absolute Gasteiger partial charge is 0.382 e. The van der Waals surface area contributed by atoms with Gasteiger partial charge in [0.05, 0.1) is 51.8 Å². The summed E-state index contributed by atoms with van der Waals surface area (Å²) in [6, 6.07) is 0. The van der Waals surface area contributed by atoms with Crippen molar-refractivity contribution < 1.29 is 23.7 Å². The zero-order valence-electron chi connectivity index (χ0n) is 12.3. The van der Waals surface area contributed by atoms with E-state index in [0.717, 1.165) is 12.8 Å². The summed E-state index contributed by atoms with van der Waals surface area (Å²) in [6.45, 7) is 3.78. The van der Waals surface area contributed by atoms with Crippen molar-refractivity contribution in [3.05, 3.63) is 0 Å². The summed E-state index contributed by atoms with van der Waals surface area (Å²) in [5.74, 6) is 0. The van der Waals surface area contributed by atoms with Crippen molar-refractivity contribution in [2.24, 2.45) is 0 Å². The smallest absolute Gasteiger partial charge is 0.0837 e. The van der Waals surface area contributed by atoms with Crippen LogP contribution in [0.3, 0.4) is 0 Å². The highest BCUT2D eigenvalue weighted by Crippen LogP contribution is 2.23. The second-order valence-electron chi connectivity index (χ2n) is 4.70. The van der Waals surface area contributed by atoms with Gasteiger partial charge in [0.1, 0.15) is 0 Å². The Morgan fingerprint density at radius 3 is 1.74 bits per heavy atom. The van der Waals surface area contributed by atoms with Crippen LogP contribution in [-0.4, -0.2) is 66.1 Å². The van der Waals surface area contributed by atoms with Crippen molar-refractivity contribution >= 4 is 0 Å². The molecular formula is C14H28O5. The van der Waals surface area contributed by atoms with Gasteiger partial charge in [-0.15, -0.1) is 0 Å². The highest BCUT2D eigenvalue weighted by atomic mass is 16.6. The van der Waals surface area contributed by atoms with Crippen LogP contribution in [0.5, 0.6) is 0 Å². The highest BCUT2D eigenvalue weighted by molar-refractivity contribution is 4.76. The Labute approximate surface area is 116 Å². The van der Waals surface area contributed by atoms with E-state index in [2.05, 4.69) is 0 Å². The van der Waals surface area contributed by atoms with Gasteiger partial charge in [-0.2, -0.15) is 0 Å². The molecule has 19 heavy (non-hydrogen) atoms. The molecule has 2 atom stereocenters. The fraction of sp³-hybridized carbons (Fsp3) is 1.00. The lowest BCUT2D eigenvalue weighted by Crippen LogP contribution is -2.36. The Morgan fingerprint density at radius 2 is 1.16 bits per heavy atom. The van der Waals surface area contributed by atoms with Gasteiger partial charge in [0.15, 0.2) is 0 Å². The quantitative estimate of drug-likeness (QED) is 0.537. The third kappa shape index (κ3) is 7.84. The summed E-state index contributed by atoms with van der Waals surface area (Å²) in [6.07, 6.45) is 5.02. The first-order valence-corrected chi connectivity index (χ1v) is 7.17. The van der Waals surface area contributed by atoms with Crippen LogP contribution in [-0.2, 0) is 23.7 Å². The van der Waals surface area contributed by atoms with Gasteiger partial charge in [-0.3, -0.25) is 0 Å². The van der Waals surface area contributed by atoms with E-state index in [1.54, 1.807) is 14.2 Å². The first-order valence-electron chi connectivity index (χ1n) is 7.17. The van der Waals surface area contributed by atoms with Gasteiger partial charge >= 0.3 is 0 Å². The summed E-state index contributed by atoms with van der Waals surface area (Å²) in [5, 5.41) is 0. The molecule has 1 saturated carbocycles. The third-order valence-corrected chi connectivity index (χ3v) is 3.25. The number of ether oxygens (including phenoxy) is 5. The topological polar surface area (TPSA) is 46.2 Å². The molecule has 114 valence electrons. The molecule has 0 aliphatic heterocycles. The normalized spacial score (nSPS) is 23.7. The van der Waals surface area contributed by atoms with Gasteiger partial charge in [-0.1, -0.05) is 12.8 Å². The summed E-state index contributed by atoms with van der Waals surface area (Å²) in [4.78, 5) is 0. The minimum atomic E-state index is 0.205. The number of rotatable bonds is 11. The summed E-state index contributed by atoms with van der Waals surface area (Å²) in [5.41, 5.74) is 0. The molecular weight excluding hydrogens is 248 g/mol. The number of methoxy groups -OCH3 is 2. The van der Waals surface area contributed by atoms with E-state index in [4.69, 9.17) is 23.7 Å². The van der Waals surface area contributed by atoms with E-state index < -0.39 is 0 Å². The second-order valence-corrected chi connectivity index (χ2v) is 4.70. The van der Waals surface area contributed by atoms with Gasteiger partial charge < -0.3 is 23.7 Å². The summed E-state index contributed by atoms with van der Waals surface area (Å²) in [7, 11) is 3.36. The Morgan fingerprint density at radius 1 is 0.684 bits per heavy atom. The molecule has 0 amide bonds. The summed E-state index contributed by atoms with van der Waals surface area (Å²) >= 11 is 0. The summed E-state index contributed by atoms with van der Waals surface area (Å²) < 4.78 is 27.0. The molecule has 1 aliphatic carbocycles. The molecule has 5 heteroatoms. The van der Waals surface area contributed by atoms with Crippen molar-refractivity contribution in [2.45, 2.75) is 37.9 Å². The van der Waals surface area contributed by atoms with Crippen molar-refractivity contribution in [1.82, 2.24) is 0 Å². The molecule has 1 rings (SSSR count). The SMILES string of the molecule is COCCOCCOC1CCCCC1OCCOC. The number of hydrogen-bond acceptors (Lipinski definition) is 5. The molecule has 0 spiro atoms. The monoisotopic (exact) mass is 276 g/mol. The van der Waals surface area contributed by atoms with Crippen LogP contribution in [0.25, 0.3) is 0 Å². The molecule has 0 N–H and O–H groups in total. The first-order chi connectivity index (χ1) is 9.38. The molecule has 0 aromatic heterocycles. The van der Waals surface area contributed by atoms with E-state index in [9.17, 15) is 0 Å². The van der Waals surface area contributed by atoms with Gasteiger partial charge in [0, 0.05) is 14.2 Å². The van der Waals surface area contributed by atoms with Crippen LogP contribution in [0.15, 0.2) is 0 Å². The first kappa shape index (κ1) is 16.9. The predicted molar refractivity (Wildman–Crippen MR) is 72.5 cm³/mol. The Kier molecular flexibility index (Phi) is 10.3. The molecule has 0 bridgehead atoms. The Hall–Kier alpha value is -0.200. The predicted octanol–water partition coefficient (Wildman–Crippen LogP) is 1.64. The van der Waals surface area contributed by atoms with Gasteiger partial charge in [-0.05, 0) is 12.8 Å². The van der Waals surface area contributed by atoms with Crippen molar-refractivity contribution in [2.75, 3.05) is 53.9 Å². The lowest BCUT2D eigenvalue weighted by Gasteiger charge is -2.31. The molecule has 1 aliphatic rings. The van der Waals surface area contributed by atoms with Crippen molar-refractivity contribution in [3.8, 4) is 0 Å². The lowest BCUT2D eigenvalue weighted by atomic mass is 9.94. The van der Waals surface area contributed by atoms with Gasteiger partial charge in [-0.25, -0.2) is 0 Å². The fourth-order valence-electron chi connectivity index (χ4n) is 2.23. The molecule has 0 aromatic rings. The van der Waals surface area contributed by atoms with Crippen LogP contribution in [0, 0.1) is 0 Å². The van der Waals surface area contributed by atoms with Crippen LogP contribution >= 0.6 is 0 Å². The average Bonchev–Trinajstić information content (AvgIpc) is 2.44. The Balaban J connectivity index is 2.09. The fourth-order valence-corrected chi connectivity index (χ4v) is 2.23. The van der Waals surface area contributed by atoms with E-state index in [1.807, 2.05) is 0 Å². The lowest BCUT2D eigenvalue weighted by molar-refractivity contribution is -0.108. The zero-order chi connectivity index (χ0) is 13.8. The van der Waals surface area contributed by atoms with E-state index >= 15 is 0 Å². The van der Waals surface area contributed by atoms with Crippen LogP contribution < -0.4 is 0 Å². The van der Waals surface area contributed by atoms with Crippen molar-refractivity contribution in [1.29, 1.82) is 0 Å². The highest BCUT2D eigenvalue weighted by Gasteiger charge is 2.26. The minimum absolute atomic E-state index is 0.205. The maximum atomic E-state index is 5.87. The van der Waals surface area contributed by atoms with E-state index in [1.165, 1.54) is 12.8 Å². The average molecular weight is 276 g/mol. The molecule has 2 unspecified atom stereocenters. The third-order valence-electron chi connectivity index (χ3n) is 3.25. The van der Waals surface area contributed by atoms with Crippen molar-refractivity contribution in [3.63, 3.8) is 0 Å². The maximum absolute atomic E-state index is 5.87. The molecule has 1 fully saturated rings.